The molecule has 1 aromatic rings. The fourth-order valence-corrected chi connectivity index (χ4v) is 1.45. The second kappa shape index (κ2) is 5.23. The maximum Gasteiger partial charge on any atom is 0.150 e. The van der Waals surface area contributed by atoms with Crippen LogP contribution in [-0.2, 0) is 0 Å². The summed E-state index contributed by atoms with van der Waals surface area (Å²) in [7, 11) is 0. The van der Waals surface area contributed by atoms with Gasteiger partial charge in [0.25, 0.3) is 0 Å². The maximum atomic E-state index is 10.5. The first-order valence-corrected chi connectivity index (χ1v) is 4.69. The molecule has 0 amide bonds. The van der Waals surface area contributed by atoms with Gasteiger partial charge in [-0.05, 0) is 23.8 Å². The van der Waals surface area contributed by atoms with Crippen LogP contribution < -0.4 is 0 Å². The van der Waals surface area contributed by atoms with E-state index in [1.54, 1.807) is 0 Å². The molecule has 0 fully saturated rings. The van der Waals surface area contributed by atoms with Crippen molar-refractivity contribution in [2.45, 2.75) is 12.2 Å². The van der Waals surface area contributed by atoms with Gasteiger partial charge in [-0.2, -0.15) is 0 Å². The van der Waals surface area contributed by atoms with Crippen molar-refractivity contribution in [3.63, 3.8) is 0 Å². The Balaban J connectivity index is 3.02. The van der Waals surface area contributed by atoms with E-state index in [0.717, 1.165) is 0 Å². The fourth-order valence-electron chi connectivity index (χ4n) is 1.20. The van der Waals surface area contributed by atoms with Crippen LogP contribution in [0.4, 0.5) is 0 Å². The third-order valence-corrected chi connectivity index (χ3v) is 2.19. The van der Waals surface area contributed by atoms with Gasteiger partial charge in [0.2, 0.25) is 0 Å². The first kappa shape index (κ1) is 12.1. The summed E-state index contributed by atoms with van der Waals surface area (Å²) in [5.41, 5.74) is 0.604. The fraction of sp³-hybridized carbons (Fsp3) is 0.300. The van der Waals surface area contributed by atoms with Crippen LogP contribution in [0, 0.1) is 0 Å². The maximum absolute atomic E-state index is 10.5. The SMILES string of the molecule is O=Cc1cc(Cl)cc(C(O)C(O)CO)c1. The molecule has 0 aromatic heterocycles. The molecule has 0 aliphatic rings. The largest absolute Gasteiger partial charge is 0.394 e. The van der Waals surface area contributed by atoms with Gasteiger partial charge >= 0.3 is 0 Å². The monoisotopic (exact) mass is 230 g/mol. The van der Waals surface area contributed by atoms with Crippen LogP contribution in [-0.4, -0.2) is 34.3 Å². The minimum Gasteiger partial charge on any atom is -0.394 e. The lowest BCUT2D eigenvalue weighted by Gasteiger charge is -2.16. The molecule has 1 rings (SSSR count). The first-order valence-electron chi connectivity index (χ1n) is 4.31. The van der Waals surface area contributed by atoms with Crippen molar-refractivity contribution >= 4 is 17.9 Å². The Morgan fingerprint density at radius 2 is 2.00 bits per heavy atom. The zero-order chi connectivity index (χ0) is 11.4. The number of halogens is 1. The number of rotatable bonds is 4. The summed E-state index contributed by atoms with van der Waals surface area (Å²) < 4.78 is 0. The Hall–Kier alpha value is -0.940. The van der Waals surface area contributed by atoms with E-state index in [9.17, 15) is 15.0 Å². The van der Waals surface area contributed by atoms with Crippen molar-refractivity contribution < 1.29 is 20.1 Å². The van der Waals surface area contributed by atoms with Crippen LogP contribution in [0.25, 0.3) is 0 Å². The van der Waals surface area contributed by atoms with Gasteiger partial charge in [0.15, 0.2) is 0 Å². The highest BCUT2D eigenvalue weighted by atomic mass is 35.5. The molecule has 0 heterocycles. The number of aliphatic hydroxyl groups is 3. The summed E-state index contributed by atoms with van der Waals surface area (Å²) in [6.07, 6.45) is -1.96. The van der Waals surface area contributed by atoms with Crippen molar-refractivity contribution in [3.05, 3.63) is 34.3 Å². The standard InChI is InChI=1S/C10H11ClO4/c11-8-2-6(4-12)1-7(3-8)10(15)9(14)5-13/h1-4,9-10,13-15H,5H2. The number of aldehydes is 1. The molecule has 0 aliphatic carbocycles. The average molecular weight is 231 g/mol. The van der Waals surface area contributed by atoms with Crippen LogP contribution in [0.3, 0.4) is 0 Å². The van der Waals surface area contributed by atoms with Crippen LogP contribution in [0.1, 0.15) is 22.0 Å². The number of benzene rings is 1. The van der Waals surface area contributed by atoms with E-state index in [1.807, 2.05) is 0 Å². The third-order valence-electron chi connectivity index (χ3n) is 1.97. The second-order valence-corrected chi connectivity index (χ2v) is 3.57. The molecular formula is C10H11ClO4. The number of hydrogen-bond acceptors (Lipinski definition) is 4. The summed E-state index contributed by atoms with van der Waals surface area (Å²) in [5, 5.41) is 27.7. The van der Waals surface area contributed by atoms with Crippen molar-refractivity contribution in [3.8, 4) is 0 Å². The second-order valence-electron chi connectivity index (χ2n) is 3.13. The molecule has 0 aliphatic heterocycles. The summed E-state index contributed by atoms with van der Waals surface area (Å²) in [6, 6.07) is 4.27. The molecule has 0 bridgehead atoms. The molecule has 5 heteroatoms. The van der Waals surface area contributed by atoms with Crippen LogP contribution in [0.2, 0.25) is 5.02 Å². The van der Waals surface area contributed by atoms with Crippen molar-refractivity contribution in [2.75, 3.05) is 6.61 Å². The normalized spacial score (nSPS) is 14.7. The van der Waals surface area contributed by atoms with Crippen molar-refractivity contribution in [1.82, 2.24) is 0 Å². The van der Waals surface area contributed by atoms with Gasteiger partial charge in [-0.3, -0.25) is 4.79 Å². The Morgan fingerprint density at radius 1 is 1.33 bits per heavy atom. The van der Waals surface area contributed by atoms with E-state index in [2.05, 4.69) is 0 Å². The number of carbonyl (C=O) groups is 1. The lowest BCUT2D eigenvalue weighted by atomic mass is 10.0. The molecule has 3 N–H and O–H groups in total. The Labute approximate surface area is 91.7 Å². The van der Waals surface area contributed by atoms with Crippen LogP contribution in [0.5, 0.6) is 0 Å². The predicted molar refractivity (Wildman–Crippen MR) is 54.9 cm³/mol. The molecular weight excluding hydrogens is 220 g/mol. The minimum absolute atomic E-state index is 0.291. The zero-order valence-corrected chi connectivity index (χ0v) is 8.55. The number of aliphatic hydroxyl groups excluding tert-OH is 3. The highest BCUT2D eigenvalue weighted by Crippen LogP contribution is 2.22. The summed E-state index contributed by atoms with van der Waals surface area (Å²) >= 11 is 5.71. The highest BCUT2D eigenvalue weighted by Gasteiger charge is 2.18. The lowest BCUT2D eigenvalue weighted by molar-refractivity contribution is -0.0152. The molecule has 15 heavy (non-hydrogen) atoms. The van der Waals surface area contributed by atoms with E-state index in [-0.39, 0.29) is 0 Å². The number of carbonyl (C=O) groups excluding carboxylic acids is 1. The molecule has 0 radical (unpaired) electrons. The Bertz CT molecular complexity index is 353. The van der Waals surface area contributed by atoms with Crippen LogP contribution in [0.15, 0.2) is 18.2 Å². The van der Waals surface area contributed by atoms with Gasteiger partial charge < -0.3 is 15.3 Å². The summed E-state index contributed by atoms with van der Waals surface area (Å²) in [6.45, 7) is -0.565. The summed E-state index contributed by atoms with van der Waals surface area (Å²) in [5.74, 6) is 0. The molecule has 82 valence electrons. The Morgan fingerprint density at radius 3 is 2.53 bits per heavy atom. The van der Waals surface area contributed by atoms with E-state index in [4.69, 9.17) is 16.7 Å². The molecule has 2 atom stereocenters. The van der Waals surface area contributed by atoms with E-state index in [0.29, 0.717) is 22.4 Å². The molecule has 4 nitrogen and oxygen atoms in total. The van der Waals surface area contributed by atoms with Crippen LogP contribution >= 0.6 is 11.6 Å². The zero-order valence-electron chi connectivity index (χ0n) is 7.80. The average Bonchev–Trinajstić information content (AvgIpc) is 2.26. The third kappa shape index (κ3) is 3.00. The molecule has 2 unspecified atom stereocenters. The smallest absolute Gasteiger partial charge is 0.150 e. The topological polar surface area (TPSA) is 77.8 Å². The van der Waals surface area contributed by atoms with Crippen molar-refractivity contribution in [2.24, 2.45) is 0 Å². The molecule has 0 saturated carbocycles. The molecule has 0 saturated heterocycles. The van der Waals surface area contributed by atoms with Gasteiger partial charge in [-0.15, -0.1) is 0 Å². The Kier molecular flexibility index (Phi) is 4.23. The predicted octanol–water partition coefficient (Wildman–Crippen LogP) is 0.539. The van der Waals surface area contributed by atoms with Crippen molar-refractivity contribution in [1.29, 1.82) is 0 Å². The van der Waals surface area contributed by atoms with Gasteiger partial charge in [0.05, 0.1) is 6.61 Å². The molecule has 1 aromatic carbocycles. The van der Waals surface area contributed by atoms with Gasteiger partial charge in [-0.25, -0.2) is 0 Å². The van der Waals surface area contributed by atoms with Gasteiger partial charge in [0, 0.05) is 10.6 Å². The first-order chi connectivity index (χ1) is 7.08. The minimum atomic E-state index is -1.29. The van der Waals surface area contributed by atoms with Gasteiger partial charge in [0.1, 0.15) is 18.5 Å². The lowest BCUT2D eigenvalue weighted by Crippen LogP contribution is -2.22. The highest BCUT2D eigenvalue weighted by molar-refractivity contribution is 6.30. The quantitative estimate of drug-likeness (QED) is 0.660. The van der Waals surface area contributed by atoms with Gasteiger partial charge in [-0.1, -0.05) is 11.6 Å². The summed E-state index contributed by atoms with van der Waals surface area (Å²) in [4.78, 5) is 10.5. The number of hydrogen-bond donors (Lipinski definition) is 3. The van der Waals surface area contributed by atoms with E-state index < -0.39 is 18.8 Å². The van der Waals surface area contributed by atoms with E-state index in [1.165, 1.54) is 18.2 Å². The van der Waals surface area contributed by atoms with E-state index >= 15 is 0 Å². The molecule has 0 spiro atoms.